The zero-order valence-electron chi connectivity index (χ0n) is 11.8. The van der Waals surface area contributed by atoms with Gasteiger partial charge in [-0.15, -0.1) is 0 Å². The van der Waals surface area contributed by atoms with Crippen molar-refractivity contribution < 1.29 is 13.5 Å². The van der Waals surface area contributed by atoms with Gasteiger partial charge in [-0.1, -0.05) is 25.8 Å². The highest BCUT2D eigenvalue weighted by atomic mass is 32.2. The quantitative estimate of drug-likeness (QED) is 0.784. The van der Waals surface area contributed by atoms with Gasteiger partial charge >= 0.3 is 0 Å². The molecule has 0 atom stereocenters. The van der Waals surface area contributed by atoms with E-state index in [0.717, 1.165) is 19.3 Å². The van der Waals surface area contributed by atoms with Gasteiger partial charge in [0.25, 0.3) is 0 Å². The topological polar surface area (TPSA) is 57.6 Å². The molecule has 0 aliphatic carbocycles. The van der Waals surface area contributed by atoms with Crippen molar-refractivity contribution in [3.63, 3.8) is 0 Å². The van der Waals surface area contributed by atoms with Crippen LogP contribution in [0.25, 0.3) is 0 Å². The van der Waals surface area contributed by atoms with Crippen molar-refractivity contribution in [2.24, 2.45) is 0 Å². The van der Waals surface area contributed by atoms with Crippen molar-refractivity contribution in [2.75, 3.05) is 6.54 Å². The predicted molar refractivity (Wildman–Crippen MR) is 76.7 cm³/mol. The molecule has 0 saturated heterocycles. The predicted octanol–water partition coefficient (Wildman–Crippen LogP) is 2.98. The van der Waals surface area contributed by atoms with Gasteiger partial charge in [0.2, 0.25) is 10.0 Å². The Hall–Kier alpha value is -1.07. The number of phenolic OH excluding ortho intramolecular Hbond substituents is 1. The lowest BCUT2D eigenvalue weighted by atomic mass is 10.2. The Morgan fingerprint density at radius 2 is 1.95 bits per heavy atom. The van der Waals surface area contributed by atoms with E-state index in [1.807, 2.05) is 13.8 Å². The molecule has 0 radical (unpaired) electrons. The highest BCUT2D eigenvalue weighted by Gasteiger charge is 2.26. The monoisotopic (exact) mass is 285 g/mol. The molecule has 0 spiro atoms. The van der Waals surface area contributed by atoms with Crippen molar-refractivity contribution in [1.29, 1.82) is 0 Å². The Morgan fingerprint density at radius 1 is 1.26 bits per heavy atom. The van der Waals surface area contributed by atoms with Crippen LogP contribution in [-0.2, 0) is 10.0 Å². The average molecular weight is 285 g/mol. The minimum Gasteiger partial charge on any atom is -0.508 e. The molecular formula is C14H23NO3S. The molecule has 0 saturated carbocycles. The minimum atomic E-state index is -3.53. The summed E-state index contributed by atoms with van der Waals surface area (Å²) < 4.78 is 26.6. The molecular weight excluding hydrogens is 262 g/mol. The Bertz CT molecular complexity index is 497. The van der Waals surface area contributed by atoms with Gasteiger partial charge in [0.05, 0.1) is 4.90 Å². The maximum atomic E-state index is 12.5. The number of phenols is 1. The molecule has 1 rings (SSSR count). The minimum absolute atomic E-state index is 0.0293. The van der Waals surface area contributed by atoms with Crippen molar-refractivity contribution in [1.82, 2.24) is 4.31 Å². The zero-order valence-corrected chi connectivity index (χ0v) is 12.7. The largest absolute Gasteiger partial charge is 0.508 e. The van der Waals surface area contributed by atoms with E-state index < -0.39 is 10.0 Å². The van der Waals surface area contributed by atoms with Crippen LogP contribution in [0.3, 0.4) is 0 Å². The first-order valence-electron chi connectivity index (χ1n) is 6.70. The molecule has 1 aromatic rings. The molecule has 0 aliphatic heterocycles. The Balaban J connectivity index is 2.99. The second-order valence-electron chi connectivity index (χ2n) is 4.91. The van der Waals surface area contributed by atoms with Gasteiger partial charge in [-0.3, -0.25) is 0 Å². The van der Waals surface area contributed by atoms with Crippen molar-refractivity contribution in [3.05, 3.63) is 24.3 Å². The summed E-state index contributed by atoms with van der Waals surface area (Å²) in [4.78, 5) is 0.151. The normalized spacial score (nSPS) is 12.3. The summed E-state index contributed by atoms with van der Waals surface area (Å²) in [6, 6.07) is 5.74. The van der Waals surface area contributed by atoms with Crippen LogP contribution in [-0.4, -0.2) is 30.4 Å². The third kappa shape index (κ3) is 4.21. The standard InChI is InChI=1S/C14H23NO3S/c1-4-5-6-10-15(12(2)3)19(17,18)14-9-7-8-13(16)11-14/h7-9,11-12,16H,4-6,10H2,1-3H3. The summed E-state index contributed by atoms with van der Waals surface area (Å²) in [6.45, 7) is 6.34. The van der Waals surface area contributed by atoms with E-state index in [-0.39, 0.29) is 16.7 Å². The Labute approximate surface area is 116 Å². The van der Waals surface area contributed by atoms with E-state index in [9.17, 15) is 13.5 Å². The molecule has 1 aromatic carbocycles. The summed E-state index contributed by atoms with van der Waals surface area (Å²) in [5, 5.41) is 9.43. The van der Waals surface area contributed by atoms with Crippen LogP contribution in [0.2, 0.25) is 0 Å². The van der Waals surface area contributed by atoms with Crippen LogP contribution < -0.4 is 0 Å². The molecule has 19 heavy (non-hydrogen) atoms. The lowest BCUT2D eigenvalue weighted by Gasteiger charge is -2.26. The summed E-state index contributed by atoms with van der Waals surface area (Å²) in [5.74, 6) is -0.0293. The zero-order chi connectivity index (χ0) is 14.5. The lowest BCUT2D eigenvalue weighted by molar-refractivity contribution is 0.345. The maximum absolute atomic E-state index is 12.5. The molecule has 0 unspecified atom stereocenters. The summed E-state index contributed by atoms with van der Waals surface area (Å²) in [6.07, 6.45) is 2.92. The first kappa shape index (κ1) is 16.0. The lowest BCUT2D eigenvalue weighted by Crippen LogP contribution is -2.37. The maximum Gasteiger partial charge on any atom is 0.243 e. The summed E-state index contributed by atoms with van der Waals surface area (Å²) >= 11 is 0. The Morgan fingerprint density at radius 3 is 2.47 bits per heavy atom. The first-order valence-corrected chi connectivity index (χ1v) is 8.14. The molecule has 108 valence electrons. The fourth-order valence-electron chi connectivity index (χ4n) is 1.95. The Kier molecular flexibility index (Phi) is 5.82. The molecule has 0 heterocycles. The molecule has 0 fully saturated rings. The van der Waals surface area contributed by atoms with Crippen molar-refractivity contribution in [2.45, 2.75) is 51.0 Å². The van der Waals surface area contributed by atoms with E-state index in [1.165, 1.54) is 22.5 Å². The molecule has 0 bridgehead atoms. The summed E-state index contributed by atoms with van der Waals surface area (Å²) in [5.41, 5.74) is 0. The van der Waals surface area contributed by atoms with Crippen LogP contribution in [0.1, 0.15) is 40.0 Å². The van der Waals surface area contributed by atoms with E-state index in [4.69, 9.17) is 0 Å². The van der Waals surface area contributed by atoms with Gasteiger partial charge in [0.1, 0.15) is 5.75 Å². The number of unbranched alkanes of at least 4 members (excludes halogenated alkanes) is 2. The highest BCUT2D eigenvalue weighted by molar-refractivity contribution is 7.89. The van der Waals surface area contributed by atoms with Crippen LogP contribution in [0.4, 0.5) is 0 Å². The van der Waals surface area contributed by atoms with Crippen LogP contribution in [0.15, 0.2) is 29.2 Å². The third-order valence-electron chi connectivity index (χ3n) is 2.98. The number of sulfonamides is 1. The second kappa shape index (κ2) is 6.91. The molecule has 5 heteroatoms. The molecule has 0 amide bonds. The average Bonchev–Trinajstić information content (AvgIpc) is 2.34. The SMILES string of the molecule is CCCCCN(C(C)C)S(=O)(=O)c1cccc(O)c1. The van der Waals surface area contributed by atoms with Gasteiger partial charge in [0, 0.05) is 12.6 Å². The second-order valence-corrected chi connectivity index (χ2v) is 6.80. The highest BCUT2D eigenvalue weighted by Crippen LogP contribution is 2.22. The van der Waals surface area contributed by atoms with E-state index in [0.29, 0.717) is 6.54 Å². The van der Waals surface area contributed by atoms with Gasteiger partial charge in [-0.25, -0.2) is 8.42 Å². The van der Waals surface area contributed by atoms with Crippen molar-refractivity contribution in [3.8, 4) is 5.75 Å². The van der Waals surface area contributed by atoms with Crippen LogP contribution in [0.5, 0.6) is 5.75 Å². The van der Waals surface area contributed by atoms with E-state index in [1.54, 1.807) is 6.07 Å². The molecule has 1 N–H and O–H groups in total. The number of aromatic hydroxyl groups is 1. The van der Waals surface area contributed by atoms with Crippen LogP contribution >= 0.6 is 0 Å². The fraction of sp³-hybridized carbons (Fsp3) is 0.571. The van der Waals surface area contributed by atoms with E-state index >= 15 is 0 Å². The molecule has 4 nitrogen and oxygen atoms in total. The van der Waals surface area contributed by atoms with Gasteiger partial charge in [-0.05, 0) is 38.5 Å². The first-order chi connectivity index (χ1) is 8.89. The van der Waals surface area contributed by atoms with Crippen LogP contribution in [0, 0.1) is 0 Å². The number of hydrogen-bond acceptors (Lipinski definition) is 3. The number of hydrogen-bond donors (Lipinski definition) is 1. The van der Waals surface area contributed by atoms with E-state index in [2.05, 4.69) is 6.92 Å². The van der Waals surface area contributed by atoms with Gasteiger partial charge in [-0.2, -0.15) is 4.31 Å². The summed E-state index contributed by atoms with van der Waals surface area (Å²) in [7, 11) is -3.53. The number of benzene rings is 1. The van der Waals surface area contributed by atoms with Gasteiger partial charge < -0.3 is 5.11 Å². The van der Waals surface area contributed by atoms with Gasteiger partial charge in [0.15, 0.2) is 0 Å². The molecule has 0 aromatic heterocycles. The molecule has 0 aliphatic rings. The smallest absolute Gasteiger partial charge is 0.243 e. The van der Waals surface area contributed by atoms with Crippen molar-refractivity contribution >= 4 is 10.0 Å². The third-order valence-corrected chi connectivity index (χ3v) is 5.05. The fourth-order valence-corrected chi connectivity index (χ4v) is 3.67. The number of nitrogens with zero attached hydrogens (tertiary/aromatic N) is 1. The number of rotatable bonds is 7.